The molecule has 0 N–H and O–H groups in total. The maximum atomic E-state index is 6.63. The third kappa shape index (κ3) is 2.96. The average Bonchev–Trinajstić information content (AvgIpc) is 3.56. The van der Waals surface area contributed by atoms with Crippen molar-refractivity contribution in [2.75, 3.05) is 0 Å². The Morgan fingerprint density at radius 3 is 2.12 bits per heavy atom. The molecule has 0 aliphatic carbocycles. The van der Waals surface area contributed by atoms with E-state index in [0.717, 1.165) is 51.2 Å². The molecule has 6 heteroatoms. The highest BCUT2D eigenvalue weighted by molar-refractivity contribution is 5.69. The Hall–Kier alpha value is -5.23. The summed E-state index contributed by atoms with van der Waals surface area (Å²) in [5.41, 5.74) is 7.76. The quantitative estimate of drug-likeness (QED) is 0.221. The van der Waals surface area contributed by atoms with Crippen molar-refractivity contribution in [1.29, 1.82) is 0 Å². The second kappa shape index (κ2) is 7.95. The van der Waals surface area contributed by atoms with Gasteiger partial charge in [0.05, 0.1) is 11.2 Å². The highest BCUT2D eigenvalue weighted by Crippen LogP contribution is 2.55. The number of fused-ring (bicyclic) bond motifs is 3. The number of aromatic nitrogens is 4. The lowest BCUT2D eigenvalue weighted by Crippen LogP contribution is -2.76. The molecule has 6 aromatic rings. The Morgan fingerprint density at radius 1 is 0.690 bits per heavy atom. The van der Waals surface area contributed by atoms with Crippen molar-refractivity contribution >= 4 is 0 Å². The van der Waals surface area contributed by atoms with Crippen molar-refractivity contribution in [3.8, 4) is 51.2 Å². The van der Waals surface area contributed by atoms with Gasteiger partial charge in [0.1, 0.15) is 17.2 Å². The molecule has 1 spiro atoms. The molecule has 0 saturated carbocycles. The van der Waals surface area contributed by atoms with Crippen LogP contribution in [0, 0.1) is 0 Å². The van der Waals surface area contributed by atoms with E-state index in [9.17, 15) is 0 Å². The fraction of sp³-hybridized carbons (Fsp3) is 0.139. The largest absolute Gasteiger partial charge is 0.456 e. The second-order valence-electron chi connectivity index (χ2n) is 12.2. The van der Waals surface area contributed by atoms with Gasteiger partial charge in [-0.3, -0.25) is 0 Å². The van der Waals surface area contributed by atoms with Crippen LogP contribution in [0.25, 0.3) is 28.1 Å². The summed E-state index contributed by atoms with van der Waals surface area (Å²) in [4.78, 5) is 2.02. The molecule has 0 amide bonds. The molecule has 42 heavy (non-hydrogen) atoms. The second-order valence-corrected chi connectivity index (χ2v) is 12.2. The van der Waals surface area contributed by atoms with E-state index in [4.69, 9.17) is 14.6 Å². The molecule has 0 radical (unpaired) electrons. The number of hydrogen-bond donors (Lipinski definition) is 0. The van der Waals surface area contributed by atoms with Gasteiger partial charge in [-0.15, -0.1) is 4.57 Å². The lowest BCUT2D eigenvalue weighted by atomic mass is 9.84. The van der Waals surface area contributed by atoms with E-state index in [1.165, 1.54) is 16.7 Å². The highest BCUT2D eigenvalue weighted by Gasteiger charge is 2.69. The van der Waals surface area contributed by atoms with Gasteiger partial charge in [0, 0.05) is 11.6 Å². The minimum atomic E-state index is -0.769. The first-order valence-electron chi connectivity index (χ1n) is 14.3. The smallest absolute Gasteiger partial charge is 0.395 e. The predicted octanol–water partition coefficient (Wildman–Crippen LogP) is 6.90. The molecule has 1 unspecified atom stereocenters. The van der Waals surface area contributed by atoms with Gasteiger partial charge in [0.2, 0.25) is 5.69 Å². The van der Waals surface area contributed by atoms with Crippen LogP contribution in [0.5, 0.6) is 23.1 Å². The zero-order chi connectivity index (χ0) is 28.2. The third-order valence-corrected chi connectivity index (χ3v) is 8.74. The summed E-state index contributed by atoms with van der Waals surface area (Å²) in [5, 5.41) is 5.19. The normalized spacial score (nSPS) is 16.9. The lowest BCUT2D eigenvalue weighted by molar-refractivity contribution is -0.998. The van der Waals surface area contributed by atoms with Crippen LogP contribution in [0.1, 0.15) is 37.5 Å². The van der Waals surface area contributed by atoms with Crippen molar-refractivity contribution in [2.24, 2.45) is 0 Å². The van der Waals surface area contributed by atoms with Crippen LogP contribution in [-0.2, 0) is 11.1 Å². The van der Waals surface area contributed by atoms with E-state index in [1.807, 2.05) is 41.2 Å². The molecule has 202 valence electrons. The maximum Gasteiger partial charge on any atom is 0.395 e. The molecule has 3 aliphatic heterocycles. The van der Waals surface area contributed by atoms with Crippen LogP contribution >= 0.6 is 0 Å². The van der Waals surface area contributed by atoms with E-state index < -0.39 is 5.66 Å². The van der Waals surface area contributed by atoms with E-state index in [2.05, 4.69) is 109 Å². The summed E-state index contributed by atoms with van der Waals surface area (Å²) in [6.45, 7) is 6.68. The zero-order valence-electron chi connectivity index (χ0n) is 23.6. The first-order valence-corrected chi connectivity index (χ1v) is 14.3. The van der Waals surface area contributed by atoms with Crippen molar-refractivity contribution in [2.45, 2.75) is 31.8 Å². The first kappa shape index (κ1) is 23.5. The van der Waals surface area contributed by atoms with Crippen LogP contribution < -0.4 is 18.7 Å². The number of nitrogens with zero attached hydrogens (tertiary/aromatic N) is 4. The number of pyridine rings is 1. The molecule has 2 aromatic heterocycles. The Kier molecular flexibility index (Phi) is 4.44. The monoisotopic (exact) mass is 548 g/mol. The van der Waals surface area contributed by atoms with Gasteiger partial charge in [0.15, 0.2) is 29.3 Å². The summed E-state index contributed by atoms with van der Waals surface area (Å²) in [7, 11) is 0. The minimum absolute atomic E-state index is 0.0266. The standard InChI is InChI=1S/C36H28N4O2/c1-35(2,3)26-19-20-38-32(21-26)42-31-14-8-13-30-34(31)36(38)33-28(11-7-12-29(33)41-30)40-37-27(22-39(36)40)25-17-15-24(16-18-25)23-9-5-4-6-10-23/h4-22H,1-3H3/q+2. The Labute approximate surface area is 243 Å². The molecule has 4 aromatic carbocycles. The van der Waals surface area contributed by atoms with Crippen molar-refractivity contribution in [1.82, 2.24) is 9.90 Å². The third-order valence-electron chi connectivity index (χ3n) is 8.74. The molecule has 0 bridgehead atoms. The molecule has 6 nitrogen and oxygen atoms in total. The van der Waals surface area contributed by atoms with Crippen molar-refractivity contribution in [3.05, 3.63) is 132 Å². The fourth-order valence-electron chi connectivity index (χ4n) is 6.72. The van der Waals surface area contributed by atoms with Gasteiger partial charge in [-0.1, -0.05) is 80.1 Å². The Morgan fingerprint density at radius 2 is 1.36 bits per heavy atom. The fourth-order valence-corrected chi connectivity index (χ4v) is 6.72. The molecule has 0 saturated heterocycles. The van der Waals surface area contributed by atoms with Gasteiger partial charge in [-0.2, -0.15) is 0 Å². The Bertz CT molecular complexity index is 2070. The van der Waals surface area contributed by atoms with E-state index >= 15 is 0 Å². The zero-order valence-corrected chi connectivity index (χ0v) is 23.6. The van der Waals surface area contributed by atoms with Crippen molar-refractivity contribution in [3.63, 3.8) is 0 Å². The Balaban J connectivity index is 1.30. The van der Waals surface area contributed by atoms with Crippen LogP contribution in [-0.4, -0.2) is 9.90 Å². The van der Waals surface area contributed by atoms with Gasteiger partial charge >= 0.3 is 11.5 Å². The van der Waals surface area contributed by atoms with Crippen LogP contribution in [0.2, 0.25) is 0 Å². The summed E-state index contributed by atoms with van der Waals surface area (Å²) in [6, 6.07) is 35.7. The van der Waals surface area contributed by atoms with Crippen LogP contribution in [0.15, 0.2) is 116 Å². The lowest BCUT2D eigenvalue weighted by Gasteiger charge is -2.33. The summed E-state index contributed by atoms with van der Waals surface area (Å²) >= 11 is 0. The summed E-state index contributed by atoms with van der Waals surface area (Å²) in [5.74, 6) is 3.18. The van der Waals surface area contributed by atoms with Gasteiger partial charge < -0.3 is 9.47 Å². The molecule has 1 atom stereocenters. The molecular formula is C36H28N4O2+2. The predicted molar refractivity (Wildman–Crippen MR) is 158 cm³/mol. The van der Waals surface area contributed by atoms with Crippen molar-refractivity contribution < 1.29 is 18.7 Å². The molecule has 3 aliphatic rings. The van der Waals surface area contributed by atoms with Gasteiger partial charge in [-0.05, 0) is 63.3 Å². The number of hydrogen-bond acceptors (Lipinski definition) is 3. The number of benzene rings is 4. The summed E-state index contributed by atoms with van der Waals surface area (Å²) in [6.07, 6.45) is 4.32. The maximum absolute atomic E-state index is 6.63. The van der Waals surface area contributed by atoms with E-state index in [-0.39, 0.29) is 5.41 Å². The SMILES string of the molecule is CC(C)(C)c1cc[n+]2c(c1)Oc1cccc3c1C21c2c(cccc2-n2nc(-c4ccc(-c5ccccc5)cc4)c[n+]21)O3. The number of ether oxygens (including phenoxy) is 2. The van der Waals surface area contributed by atoms with Crippen LogP contribution in [0.3, 0.4) is 0 Å². The topological polar surface area (TPSA) is 44.0 Å². The molecule has 0 fully saturated rings. The minimum Gasteiger partial charge on any atom is -0.456 e. The van der Waals surface area contributed by atoms with E-state index in [1.54, 1.807) is 0 Å². The van der Waals surface area contributed by atoms with Gasteiger partial charge in [-0.25, -0.2) is 0 Å². The van der Waals surface area contributed by atoms with Crippen LogP contribution in [0.4, 0.5) is 0 Å². The average molecular weight is 549 g/mol. The molecular weight excluding hydrogens is 520 g/mol. The molecule has 9 rings (SSSR count). The highest BCUT2D eigenvalue weighted by atomic mass is 16.5. The first-order chi connectivity index (χ1) is 20.4. The number of rotatable bonds is 2. The van der Waals surface area contributed by atoms with E-state index in [0.29, 0.717) is 0 Å². The molecule has 5 heterocycles. The van der Waals surface area contributed by atoms with Gasteiger partial charge in [0.25, 0.3) is 0 Å². The summed E-state index contributed by atoms with van der Waals surface area (Å²) < 4.78 is 17.6.